The van der Waals surface area contributed by atoms with E-state index in [4.69, 9.17) is 30.9 Å². The summed E-state index contributed by atoms with van der Waals surface area (Å²) in [6.45, 7) is 0.0464. The van der Waals surface area contributed by atoms with Crippen LogP contribution < -0.4 is 19.5 Å². The lowest BCUT2D eigenvalue weighted by molar-refractivity contribution is -0.125. The number of halogens is 1. The minimum atomic E-state index is -1.18. The lowest BCUT2D eigenvalue weighted by Gasteiger charge is -2.25. The molecule has 0 aromatic heterocycles. The van der Waals surface area contributed by atoms with Crippen molar-refractivity contribution in [2.24, 2.45) is 0 Å². The van der Waals surface area contributed by atoms with Crippen LogP contribution in [0.1, 0.15) is 10.4 Å². The molecule has 0 spiro atoms. The molecule has 0 fully saturated rings. The van der Waals surface area contributed by atoms with Crippen LogP contribution in [-0.2, 0) is 4.79 Å². The van der Waals surface area contributed by atoms with Gasteiger partial charge in [-0.25, -0.2) is 4.79 Å². The molecule has 0 aliphatic carbocycles. The number of rotatable bonds is 4. The summed E-state index contributed by atoms with van der Waals surface area (Å²) in [5, 5.41) is 11.8. The van der Waals surface area contributed by atoms with Crippen LogP contribution in [0.5, 0.6) is 17.2 Å². The fourth-order valence-electron chi connectivity index (χ4n) is 2.35. The van der Waals surface area contributed by atoms with E-state index in [0.29, 0.717) is 11.5 Å². The number of carbonyl (C=O) groups is 2. The Bertz CT molecular complexity index is 838. The standard InChI is InChI=1S/C17H14ClNO6/c1-23-14-7-11(10(18)6-9(14)17(21)22)19-16(20)15-8-24-12-4-2-3-5-13(12)25-15/h2-7,15H,8H2,1H3,(H,19,20)(H,21,22). The lowest BCUT2D eigenvalue weighted by atomic mass is 10.1. The predicted octanol–water partition coefficient (Wildman–Crippen LogP) is 2.83. The van der Waals surface area contributed by atoms with Crippen LogP contribution in [0.3, 0.4) is 0 Å². The van der Waals surface area contributed by atoms with Crippen molar-refractivity contribution in [3.63, 3.8) is 0 Å². The van der Waals surface area contributed by atoms with Gasteiger partial charge in [0, 0.05) is 6.07 Å². The van der Waals surface area contributed by atoms with Crippen LogP contribution in [0.4, 0.5) is 5.69 Å². The van der Waals surface area contributed by atoms with Gasteiger partial charge in [0.25, 0.3) is 5.91 Å². The third-order valence-corrected chi connectivity index (χ3v) is 3.89. The number of benzene rings is 2. The molecule has 0 saturated carbocycles. The van der Waals surface area contributed by atoms with Gasteiger partial charge in [-0.2, -0.15) is 0 Å². The molecule has 0 saturated heterocycles. The van der Waals surface area contributed by atoms with Crippen molar-refractivity contribution in [1.29, 1.82) is 0 Å². The van der Waals surface area contributed by atoms with Crippen molar-refractivity contribution < 1.29 is 28.9 Å². The van der Waals surface area contributed by atoms with Crippen molar-refractivity contribution in [2.45, 2.75) is 6.10 Å². The summed E-state index contributed by atoms with van der Waals surface area (Å²) in [5.41, 5.74) is 0.118. The molecule has 1 aliphatic rings. The Hall–Kier alpha value is -2.93. The number of carboxylic acid groups (broad SMARTS) is 1. The Morgan fingerprint density at radius 3 is 2.68 bits per heavy atom. The number of carbonyl (C=O) groups excluding carboxylic acids is 1. The van der Waals surface area contributed by atoms with Gasteiger partial charge in [0.05, 0.1) is 17.8 Å². The van der Waals surface area contributed by atoms with Gasteiger partial charge in [0.15, 0.2) is 11.5 Å². The quantitative estimate of drug-likeness (QED) is 0.867. The molecule has 1 unspecified atom stereocenters. The molecule has 3 rings (SSSR count). The second-order valence-corrected chi connectivity index (χ2v) is 5.60. The molecule has 0 bridgehead atoms. The highest BCUT2D eigenvalue weighted by Crippen LogP contribution is 2.33. The number of hydrogen-bond donors (Lipinski definition) is 2. The van der Waals surface area contributed by atoms with Gasteiger partial charge in [0.2, 0.25) is 6.10 Å². The van der Waals surface area contributed by atoms with E-state index in [1.807, 2.05) is 0 Å². The summed E-state index contributed by atoms with van der Waals surface area (Å²) in [4.78, 5) is 23.6. The number of aromatic carboxylic acids is 1. The summed E-state index contributed by atoms with van der Waals surface area (Å²) in [5.74, 6) is -0.534. The molecule has 7 nitrogen and oxygen atoms in total. The highest BCUT2D eigenvalue weighted by molar-refractivity contribution is 6.34. The van der Waals surface area contributed by atoms with E-state index in [9.17, 15) is 9.59 Å². The number of fused-ring (bicyclic) bond motifs is 1. The number of anilines is 1. The Morgan fingerprint density at radius 2 is 2.00 bits per heavy atom. The third-order valence-electron chi connectivity index (χ3n) is 3.58. The molecule has 2 aromatic rings. The molecular formula is C17H14ClNO6. The minimum absolute atomic E-state index is 0.0464. The van der Waals surface area contributed by atoms with Gasteiger partial charge < -0.3 is 24.6 Å². The molecule has 8 heteroatoms. The first-order chi connectivity index (χ1) is 12.0. The van der Waals surface area contributed by atoms with E-state index in [-0.39, 0.29) is 28.6 Å². The van der Waals surface area contributed by atoms with E-state index >= 15 is 0 Å². The van der Waals surface area contributed by atoms with E-state index in [0.717, 1.165) is 0 Å². The zero-order chi connectivity index (χ0) is 18.0. The van der Waals surface area contributed by atoms with Crippen molar-refractivity contribution in [3.8, 4) is 17.2 Å². The largest absolute Gasteiger partial charge is 0.496 e. The molecule has 25 heavy (non-hydrogen) atoms. The van der Waals surface area contributed by atoms with E-state index in [2.05, 4.69) is 5.32 Å². The van der Waals surface area contributed by atoms with Crippen molar-refractivity contribution in [3.05, 3.63) is 47.0 Å². The average molecular weight is 364 g/mol. The van der Waals surface area contributed by atoms with Crippen LogP contribution in [0, 0.1) is 0 Å². The number of methoxy groups -OCH3 is 1. The number of ether oxygens (including phenoxy) is 3. The third kappa shape index (κ3) is 3.46. The Balaban J connectivity index is 1.79. The van der Waals surface area contributed by atoms with Crippen molar-refractivity contribution in [1.82, 2.24) is 0 Å². The summed E-state index contributed by atoms with van der Waals surface area (Å²) in [6.07, 6.45) is -0.865. The molecular weight excluding hydrogens is 350 g/mol. The molecule has 2 aromatic carbocycles. The second-order valence-electron chi connectivity index (χ2n) is 5.19. The zero-order valence-electron chi connectivity index (χ0n) is 13.1. The normalized spacial score (nSPS) is 15.4. The maximum absolute atomic E-state index is 12.4. The van der Waals surface area contributed by atoms with Crippen LogP contribution in [-0.4, -0.2) is 36.8 Å². The first kappa shape index (κ1) is 16.9. The fourth-order valence-corrected chi connectivity index (χ4v) is 2.56. The van der Waals surface area contributed by atoms with Crippen LogP contribution in [0.2, 0.25) is 5.02 Å². The molecule has 0 radical (unpaired) electrons. The van der Waals surface area contributed by atoms with Gasteiger partial charge in [-0.05, 0) is 18.2 Å². The average Bonchev–Trinajstić information content (AvgIpc) is 2.62. The molecule has 2 N–H and O–H groups in total. The monoisotopic (exact) mass is 363 g/mol. The zero-order valence-corrected chi connectivity index (χ0v) is 13.9. The smallest absolute Gasteiger partial charge is 0.339 e. The maximum Gasteiger partial charge on any atom is 0.339 e. The summed E-state index contributed by atoms with van der Waals surface area (Å²) >= 11 is 6.06. The topological polar surface area (TPSA) is 94.1 Å². The SMILES string of the molecule is COc1cc(NC(=O)C2COc3ccccc3O2)c(Cl)cc1C(=O)O. The van der Waals surface area contributed by atoms with Gasteiger partial charge in [-0.15, -0.1) is 0 Å². The van der Waals surface area contributed by atoms with Crippen LogP contribution in [0.15, 0.2) is 36.4 Å². The first-order valence-corrected chi connectivity index (χ1v) is 7.67. The summed E-state index contributed by atoms with van der Waals surface area (Å²) in [6, 6.07) is 9.59. The van der Waals surface area contributed by atoms with E-state index in [1.165, 1.54) is 19.2 Å². The van der Waals surface area contributed by atoms with Crippen molar-refractivity contribution in [2.75, 3.05) is 19.0 Å². The number of nitrogens with one attached hydrogen (secondary N) is 1. The molecule has 1 amide bonds. The maximum atomic E-state index is 12.4. The van der Waals surface area contributed by atoms with Crippen LogP contribution >= 0.6 is 11.6 Å². The predicted molar refractivity (Wildman–Crippen MR) is 89.9 cm³/mol. The fraction of sp³-hybridized carbons (Fsp3) is 0.176. The van der Waals surface area contributed by atoms with E-state index in [1.54, 1.807) is 24.3 Å². The number of para-hydroxylation sites is 2. The second kappa shape index (κ2) is 6.90. The van der Waals surface area contributed by atoms with E-state index < -0.39 is 18.0 Å². The number of carboxylic acids is 1. The molecule has 1 heterocycles. The minimum Gasteiger partial charge on any atom is -0.496 e. The van der Waals surface area contributed by atoms with Gasteiger partial charge in [-0.3, -0.25) is 4.79 Å². The van der Waals surface area contributed by atoms with Crippen LogP contribution in [0.25, 0.3) is 0 Å². The van der Waals surface area contributed by atoms with Crippen molar-refractivity contribution >= 4 is 29.2 Å². The molecule has 1 aliphatic heterocycles. The Kier molecular flexibility index (Phi) is 4.67. The molecule has 130 valence electrons. The van der Waals surface area contributed by atoms with Gasteiger partial charge in [-0.1, -0.05) is 23.7 Å². The number of amides is 1. The Labute approximate surface area is 148 Å². The molecule has 1 atom stereocenters. The highest BCUT2D eigenvalue weighted by Gasteiger charge is 2.28. The number of hydrogen-bond acceptors (Lipinski definition) is 5. The highest BCUT2D eigenvalue weighted by atomic mass is 35.5. The lowest BCUT2D eigenvalue weighted by Crippen LogP contribution is -2.40. The summed E-state index contributed by atoms with van der Waals surface area (Å²) < 4.78 is 16.1. The van der Waals surface area contributed by atoms with Gasteiger partial charge in [0.1, 0.15) is 17.9 Å². The first-order valence-electron chi connectivity index (χ1n) is 7.29. The summed E-state index contributed by atoms with van der Waals surface area (Å²) in [7, 11) is 1.33. The Morgan fingerprint density at radius 1 is 1.28 bits per heavy atom. The van der Waals surface area contributed by atoms with Gasteiger partial charge >= 0.3 is 5.97 Å².